The van der Waals surface area contributed by atoms with Crippen LogP contribution in [0, 0.1) is 13.8 Å². The molecule has 0 aliphatic carbocycles. The summed E-state index contributed by atoms with van der Waals surface area (Å²) in [5.74, 6) is -0.886. The first-order chi connectivity index (χ1) is 45.3. The predicted molar refractivity (Wildman–Crippen MR) is 313 cm³/mol. The van der Waals surface area contributed by atoms with E-state index < -0.39 is 53.9 Å². The van der Waals surface area contributed by atoms with Gasteiger partial charge in [0, 0.05) is 31.5 Å². The zero-order valence-electron chi connectivity index (χ0n) is 51.2. The maximum Gasteiger partial charge on any atom is 0.434 e. The Kier molecular flexibility index (Phi) is 20.3. The van der Waals surface area contributed by atoms with Crippen LogP contribution < -0.4 is 14.2 Å². The number of likely N-dealkylation sites (tertiary alicyclic amines) is 3. The van der Waals surface area contributed by atoms with Crippen LogP contribution in [-0.4, -0.2) is 173 Å². The fourth-order valence-corrected chi connectivity index (χ4v) is 10.7. The van der Waals surface area contributed by atoms with E-state index in [2.05, 4.69) is 70.5 Å². The smallest absolute Gasteiger partial charge is 0.434 e. The van der Waals surface area contributed by atoms with Gasteiger partial charge >= 0.3 is 18.5 Å². The highest BCUT2D eigenvalue weighted by atomic mass is 19.4. The van der Waals surface area contributed by atoms with E-state index in [9.17, 15) is 53.9 Å². The number of benzene rings is 1. The number of pyridine rings is 2. The van der Waals surface area contributed by atoms with E-state index in [4.69, 9.17) is 14.2 Å². The lowest BCUT2D eigenvalue weighted by molar-refractivity contribution is -0.142. The largest absolute Gasteiger partial charge is 0.471 e. The summed E-state index contributed by atoms with van der Waals surface area (Å²) in [5.41, 5.74) is 0.575. The quantitative estimate of drug-likeness (QED) is 0.103. The number of ether oxygens (including phenoxy) is 3. The van der Waals surface area contributed by atoms with Crippen molar-refractivity contribution in [2.24, 2.45) is 0 Å². The second kappa shape index (κ2) is 28.7. The third-order valence-corrected chi connectivity index (χ3v) is 15.6. The van der Waals surface area contributed by atoms with Gasteiger partial charge in [-0.2, -0.15) is 74.9 Å². The second-order valence-corrected chi connectivity index (χ2v) is 22.0. The van der Waals surface area contributed by atoms with Gasteiger partial charge in [0.25, 0.3) is 17.7 Å². The molecule has 0 spiro atoms. The van der Waals surface area contributed by atoms with E-state index in [1.807, 2.05) is 27.7 Å². The number of aromatic nitrogens is 17. The van der Waals surface area contributed by atoms with Crippen LogP contribution in [0.1, 0.15) is 119 Å². The van der Waals surface area contributed by atoms with Crippen molar-refractivity contribution in [3.63, 3.8) is 0 Å². The summed E-state index contributed by atoms with van der Waals surface area (Å²) in [6.45, 7) is 10.6. The van der Waals surface area contributed by atoms with Gasteiger partial charge < -0.3 is 28.9 Å². The zero-order chi connectivity index (χ0) is 67.8. The maximum atomic E-state index is 13.4. The molecule has 95 heavy (non-hydrogen) atoms. The Morgan fingerprint density at radius 1 is 0.432 bits per heavy atom. The maximum absolute atomic E-state index is 13.4. The Labute approximate surface area is 534 Å². The number of alkyl halides is 9. The summed E-state index contributed by atoms with van der Waals surface area (Å²) in [6, 6.07) is 11.2. The molecule has 0 radical (unpaired) electrons. The molecule has 11 heterocycles. The molecule has 3 aliphatic heterocycles. The average molecular weight is 1330 g/mol. The number of nitrogens with zero attached hydrogens (tertiary/aromatic N) is 20. The van der Waals surface area contributed by atoms with Gasteiger partial charge in [0.2, 0.25) is 17.6 Å². The first-order valence-electron chi connectivity index (χ1n) is 29.6. The molecule has 1 aromatic carbocycles. The number of rotatable bonds is 12. The topological polar surface area (TPSA) is 284 Å². The van der Waals surface area contributed by atoms with Crippen LogP contribution in [-0.2, 0) is 18.5 Å². The lowest BCUT2D eigenvalue weighted by Crippen LogP contribution is -2.51. The van der Waals surface area contributed by atoms with Crippen molar-refractivity contribution in [3.05, 3.63) is 168 Å². The molecule has 9 aromatic rings. The highest BCUT2D eigenvalue weighted by Crippen LogP contribution is 2.33. The Bertz CT molecular complexity index is 4040. The molecule has 8 aromatic heterocycles. The number of halogens is 9. The van der Waals surface area contributed by atoms with Gasteiger partial charge in [-0.05, 0) is 109 Å². The summed E-state index contributed by atoms with van der Waals surface area (Å²) in [4.78, 5) is 79.2. The molecule has 26 nitrogen and oxygen atoms in total. The van der Waals surface area contributed by atoms with Crippen molar-refractivity contribution in [1.82, 2.24) is 99.6 Å². The van der Waals surface area contributed by atoms with E-state index in [1.54, 1.807) is 70.3 Å². The monoisotopic (exact) mass is 1330 g/mol. The Hall–Kier alpha value is -10.6. The molecule has 0 unspecified atom stereocenters. The summed E-state index contributed by atoms with van der Waals surface area (Å²) in [6.07, 6.45) is 4.19. The van der Waals surface area contributed by atoms with E-state index in [1.165, 1.54) is 51.6 Å². The highest BCUT2D eigenvalue weighted by Gasteiger charge is 2.40. The minimum Gasteiger partial charge on any atom is -0.471 e. The van der Waals surface area contributed by atoms with Gasteiger partial charge in [0.15, 0.2) is 28.5 Å². The van der Waals surface area contributed by atoms with Gasteiger partial charge in [-0.15, -0.1) is 9.59 Å². The molecule has 3 fully saturated rings. The molecule has 3 aliphatic rings. The molecule has 12 rings (SSSR count). The number of hydrogen-bond acceptors (Lipinski definition) is 20. The van der Waals surface area contributed by atoms with Crippen molar-refractivity contribution >= 4 is 17.7 Å². The Morgan fingerprint density at radius 2 is 0.811 bits per heavy atom. The van der Waals surface area contributed by atoms with Crippen LogP contribution >= 0.6 is 0 Å². The van der Waals surface area contributed by atoms with Crippen molar-refractivity contribution in [3.8, 4) is 34.7 Å². The SMILES string of the molecule is C[C@H]1[C@H](Oc2cnc(C(F)(F)F)cn2)CCCN1C(=O)c1ccccc1-n1nccn1.Cc1ccc(-n2nccn2)c(C(=O)N2CCC[C@@H](Oc3cnc(C(F)(F)F)cn3)[C@@H]2C)n1.Cc1cnc(C(=O)N2CCC[C@@H](Oc3cnc(C(F)(F)F)cn3)[C@@H]2C)c(-n2nccn2)c1. The highest BCUT2D eigenvalue weighted by molar-refractivity contribution is 5.98. The van der Waals surface area contributed by atoms with Crippen LogP contribution in [0.3, 0.4) is 0 Å². The average Bonchev–Trinajstić information content (AvgIpc) is 1.44. The van der Waals surface area contributed by atoms with Crippen molar-refractivity contribution in [1.29, 1.82) is 0 Å². The van der Waals surface area contributed by atoms with Crippen LogP contribution in [0.5, 0.6) is 17.6 Å². The summed E-state index contributed by atoms with van der Waals surface area (Å²) < 4.78 is 132. The lowest BCUT2D eigenvalue weighted by atomic mass is 9.98. The minimum absolute atomic E-state index is 0.0136. The first-order valence-corrected chi connectivity index (χ1v) is 29.6. The number of para-hydroxylation sites is 1. The Balaban J connectivity index is 0.000000155. The van der Waals surface area contributed by atoms with Crippen molar-refractivity contribution < 1.29 is 68.1 Å². The normalized spacial score (nSPS) is 19.2. The molecular formula is C60H59F9N20O6. The summed E-state index contributed by atoms with van der Waals surface area (Å²) in [7, 11) is 0. The molecule has 3 amide bonds. The van der Waals surface area contributed by atoms with Crippen molar-refractivity contribution in [2.75, 3.05) is 19.6 Å². The molecule has 0 bridgehead atoms. The van der Waals surface area contributed by atoms with Gasteiger partial charge in [0.05, 0.1) is 104 Å². The fourth-order valence-electron chi connectivity index (χ4n) is 10.7. The fraction of sp³-hybridized carbons (Fsp3) is 0.383. The van der Waals surface area contributed by atoms with Crippen LogP contribution in [0.2, 0.25) is 0 Å². The predicted octanol–water partition coefficient (Wildman–Crippen LogP) is 8.85. The Morgan fingerprint density at radius 3 is 1.21 bits per heavy atom. The number of piperidine rings is 3. The van der Waals surface area contributed by atoms with E-state index in [0.29, 0.717) is 105 Å². The standard InChI is InChI=1S/2C20H20F3N7O2.C20H19F3N6O2/c1-12-5-6-14(30-26-7-8-27-30)18(28-12)19(31)29-9-3-4-15(13(29)2)32-17-11-24-16(10-25-17)20(21,22)23;1-12-8-14(30-27-5-6-28-30)18(26-9-12)19(31)29-7-3-4-15(13(29)2)32-17-11-24-16(10-25-17)20(21,22)23;1-13-16(31-18-12-24-17(11-25-18)20(21,22)23)7-4-10-28(13)19(30)14-5-2-3-6-15(14)29-26-8-9-27-29/h5-8,10-11,13,15H,3-4,9H2,1-2H3;5-6,8-11,13,15H,3-4,7H2,1-2H3;2-3,5-6,8-9,11-13,16H,4,7,10H2,1H3/t2*13-,15+;13-,16+/m000/s1. The third-order valence-electron chi connectivity index (χ3n) is 15.6. The van der Waals surface area contributed by atoms with Gasteiger partial charge in [0.1, 0.15) is 29.7 Å². The van der Waals surface area contributed by atoms with Crippen molar-refractivity contribution in [2.45, 2.75) is 128 Å². The van der Waals surface area contributed by atoms with E-state index in [0.717, 1.165) is 24.2 Å². The number of hydrogen-bond donors (Lipinski definition) is 0. The molecule has 6 atom stereocenters. The number of aryl methyl sites for hydroxylation is 2. The van der Waals surface area contributed by atoms with E-state index >= 15 is 0 Å². The lowest BCUT2D eigenvalue weighted by Gasteiger charge is -2.39. The zero-order valence-corrected chi connectivity index (χ0v) is 51.2. The van der Waals surface area contributed by atoms with E-state index in [-0.39, 0.29) is 64.9 Å². The van der Waals surface area contributed by atoms with Gasteiger partial charge in [-0.25, -0.2) is 39.9 Å². The molecule has 35 heteroatoms. The molecule has 0 N–H and O–H groups in total. The summed E-state index contributed by atoms with van der Waals surface area (Å²) in [5, 5.41) is 24.6. The number of carbonyl (C=O) groups excluding carboxylic acids is 3. The number of carbonyl (C=O) groups is 3. The first kappa shape index (κ1) is 67.3. The molecule has 498 valence electrons. The van der Waals surface area contributed by atoms with Crippen LogP contribution in [0.15, 0.2) is 123 Å². The minimum atomic E-state index is -4.57. The van der Waals surface area contributed by atoms with Crippen LogP contribution in [0.25, 0.3) is 17.1 Å². The van der Waals surface area contributed by atoms with Gasteiger partial charge in [-0.3, -0.25) is 14.4 Å². The summed E-state index contributed by atoms with van der Waals surface area (Å²) >= 11 is 0. The molecule has 0 saturated carbocycles. The van der Waals surface area contributed by atoms with Crippen LogP contribution in [0.4, 0.5) is 39.5 Å². The second-order valence-electron chi connectivity index (χ2n) is 22.0. The molecule has 3 saturated heterocycles. The number of amides is 3. The molecular weight excluding hydrogens is 1270 g/mol. The third kappa shape index (κ3) is 16.1. The van der Waals surface area contributed by atoms with Gasteiger partial charge in [-0.1, -0.05) is 12.1 Å².